The van der Waals surface area contributed by atoms with Crippen LogP contribution in [0.4, 0.5) is 5.69 Å². The predicted octanol–water partition coefficient (Wildman–Crippen LogP) is 6.13. The van der Waals surface area contributed by atoms with E-state index < -0.39 is 0 Å². The van der Waals surface area contributed by atoms with Crippen LogP contribution < -0.4 is 14.8 Å². The minimum Gasteiger partial charge on any atom is -0.493 e. The molecule has 0 aliphatic carbocycles. The van der Waals surface area contributed by atoms with E-state index in [0.29, 0.717) is 33.2 Å². The first-order valence-electron chi connectivity index (χ1n) is 9.92. The molecule has 0 bridgehead atoms. The largest absolute Gasteiger partial charge is 0.493 e. The number of methoxy groups -OCH3 is 1. The Bertz CT molecular complexity index is 1210. The molecule has 1 N–H and O–H groups in total. The van der Waals surface area contributed by atoms with Crippen LogP contribution in [0.3, 0.4) is 0 Å². The number of nitrogens with zero attached hydrogens (tertiary/aromatic N) is 1. The highest BCUT2D eigenvalue weighted by Crippen LogP contribution is 2.32. The normalized spacial score (nSPS) is 15.8. The van der Waals surface area contributed by atoms with E-state index in [-0.39, 0.29) is 5.91 Å². The summed E-state index contributed by atoms with van der Waals surface area (Å²) in [5.41, 5.74) is 3.74. The molecule has 4 rings (SSSR count). The number of carbonyl (C=O) groups is 1. The fourth-order valence-corrected chi connectivity index (χ4v) is 4.10. The van der Waals surface area contributed by atoms with Gasteiger partial charge in [0.2, 0.25) is 0 Å². The number of nitrogens with one attached hydrogen (secondary N) is 1. The molecule has 0 atom stereocenters. The Kier molecular flexibility index (Phi) is 6.83. The number of aryl methyl sites for hydroxylation is 1. The van der Waals surface area contributed by atoms with Gasteiger partial charge in [-0.15, -0.1) is 0 Å². The number of hydrogen-bond acceptors (Lipinski definition) is 5. The average Bonchev–Trinajstić information content (AvgIpc) is 3.12. The van der Waals surface area contributed by atoms with Crippen molar-refractivity contribution in [1.29, 1.82) is 0 Å². The van der Waals surface area contributed by atoms with Crippen molar-refractivity contribution in [2.75, 3.05) is 7.11 Å². The van der Waals surface area contributed by atoms with Crippen LogP contribution in [0.5, 0.6) is 11.5 Å². The second-order valence-electron chi connectivity index (χ2n) is 7.15. The molecule has 0 aromatic heterocycles. The van der Waals surface area contributed by atoms with Gasteiger partial charge in [0, 0.05) is 5.02 Å². The summed E-state index contributed by atoms with van der Waals surface area (Å²) in [4.78, 5) is 17.5. The van der Waals surface area contributed by atoms with E-state index in [1.54, 1.807) is 13.2 Å². The van der Waals surface area contributed by atoms with E-state index in [0.717, 1.165) is 22.4 Å². The molecule has 1 saturated heterocycles. The zero-order chi connectivity index (χ0) is 22.5. The number of halogens is 1. The maximum absolute atomic E-state index is 12.4. The summed E-state index contributed by atoms with van der Waals surface area (Å²) in [6, 6.07) is 20.9. The second-order valence-corrected chi connectivity index (χ2v) is 8.61. The molecule has 162 valence electrons. The summed E-state index contributed by atoms with van der Waals surface area (Å²) in [6.45, 7) is 2.39. The van der Waals surface area contributed by atoms with Gasteiger partial charge in [0.05, 0.1) is 17.7 Å². The summed E-state index contributed by atoms with van der Waals surface area (Å²) in [5.74, 6) is 1.01. The molecule has 1 aliphatic heterocycles. The Morgan fingerprint density at radius 2 is 1.88 bits per heavy atom. The number of rotatable bonds is 6. The highest BCUT2D eigenvalue weighted by Gasteiger charge is 2.24. The SMILES string of the molecule is COc1cc(/C=C2\SC(=Nc3ccc(C)cc3)NC2=O)ccc1OCc1cccc(Cl)c1. The minimum absolute atomic E-state index is 0.180. The molecular formula is C25H21ClN2O3S. The molecule has 1 amide bonds. The van der Waals surface area contributed by atoms with Crippen molar-refractivity contribution in [2.45, 2.75) is 13.5 Å². The van der Waals surface area contributed by atoms with Crippen LogP contribution in [-0.2, 0) is 11.4 Å². The number of amides is 1. The lowest BCUT2D eigenvalue weighted by atomic mass is 10.2. The van der Waals surface area contributed by atoms with Crippen molar-refractivity contribution in [3.8, 4) is 11.5 Å². The Hall–Kier alpha value is -3.22. The van der Waals surface area contributed by atoms with E-state index in [4.69, 9.17) is 21.1 Å². The van der Waals surface area contributed by atoms with Gasteiger partial charge in [-0.2, -0.15) is 0 Å². The zero-order valence-electron chi connectivity index (χ0n) is 17.6. The van der Waals surface area contributed by atoms with Crippen LogP contribution in [0.1, 0.15) is 16.7 Å². The van der Waals surface area contributed by atoms with Gasteiger partial charge < -0.3 is 14.8 Å². The van der Waals surface area contributed by atoms with Crippen LogP contribution in [-0.4, -0.2) is 18.2 Å². The highest BCUT2D eigenvalue weighted by molar-refractivity contribution is 8.18. The van der Waals surface area contributed by atoms with Gasteiger partial charge in [-0.25, -0.2) is 4.99 Å². The van der Waals surface area contributed by atoms with Gasteiger partial charge in [0.15, 0.2) is 16.7 Å². The Balaban J connectivity index is 1.48. The first kappa shape index (κ1) is 22.0. The molecule has 5 nitrogen and oxygen atoms in total. The highest BCUT2D eigenvalue weighted by atomic mass is 35.5. The van der Waals surface area contributed by atoms with E-state index in [9.17, 15) is 4.79 Å². The number of ether oxygens (including phenoxy) is 2. The molecule has 3 aromatic carbocycles. The quantitative estimate of drug-likeness (QED) is 0.446. The molecule has 32 heavy (non-hydrogen) atoms. The van der Waals surface area contributed by atoms with Gasteiger partial charge in [0.25, 0.3) is 5.91 Å². The van der Waals surface area contributed by atoms with Crippen LogP contribution in [0, 0.1) is 6.92 Å². The molecule has 0 spiro atoms. The third kappa shape index (κ3) is 5.52. The zero-order valence-corrected chi connectivity index (χ0v) is 19.2. The summed E-state index contributed by atoms with van der Waals surface area (Å²) < 4.78 is 11.4. The van der Waals surface area contributed by atoms with E-state index in [1.165, 1.54) is 11.8 Å². The predicted molar refractivity (Wildman–Crippen MR) is 131 cm³/mol. The molecule has 3 aromatic rings. The lowest BCUT2D eigenvalue weighted by molar-refractivity contribution is -0.115. The van der Waals surface area contributed by atoms with Crippen molar-refractivity contribution in [3.63, 3.8) is 0 Å². The van der Waals surface area contributed by atoms with E-state index in [2.05, 4.69) is 10.3 Å². The third-order valence-electron chi connectivity index (χ3n) is 4.68. The van der Waals surface area contributed by atoms with Gasteiger partial charge in [-0.1, -0.05) is 47.5 Å². The summed E-state index contributed by atoms with van der Waals surface area (Å²) in [7, 11) is 1.59. The molecule has 1 heterocycles. The van der Waals surface area contributed by atoms with Crippen LogP contribution in [0.25, 0.3) is 6.08 Å². The average molecular weight is 465 g/mol. The van der Waals surface area contributed by atoms with Crippen molar-refractivity contribution >= 4 is 46.2 Å². The molecule has 0 radical (unpaired) electrons. The van der Waals surface area contributed by atoms with Crippen molar-refractivity contribution in [3.05, 3.63) is 93.3 Å². The van der Waals surface area contributed by atoms with E-state index >= 15 is 0 Å². The first-order chi connectivity index (χ1) is 15.5. The second kappa shape index (κ2) is 9.94. The van der Waals surface area contributed by atoms with Crippen molar-refractivity contribution < 1.29 is 14.3 Å². The fourth-order valence-electron chi connectivity index (χ4n) is 3.05. The molecule has 0 saturated carbocycles. The molecule has 7 heteroatoms. The standard InChI is InChI=1S/C25H21ClN2O3S/c1-16-6-9-20(10-7-16)27-25-28-24(29)23(32-25)14-17-8-11-21(22(13-17)30-2)31-15-18-4-3-5-19(26)12-18/h3-14H,15H2,1-2H3,(H,27,28,29)/b23-14-. The molecule has 0 unspecified atom stereocenters. The summed E-state index contributed by atoms with van der Waals surface area (Å²) >= 11 is 7.34. The lowest BCUT2D eigenvalue weighted by Gasteiger charge is -2.11. The first-order valence-corrected chi connectivity index (χ1v) is 11.1. The van der Waals surface area contributed by atoms with Crippen LogP contribution in [0.15, 0.2) is 76.6 Å². The van der Waals surface area contributed by atoms with Crippen molar-refractivity contribution in [1.82, 2.24) is 5.32 Å². The topological polar surface area (TPSA) is 59.9 Å². The van der Waals surface area contributed by atoms with Crippen LogP contribution >= 0.6 is 23.4 Å². The number of benzene rings is 3. The summed E-state index contributed by atoms with van der Waals surface area (Å²) in [6.07, 6.45) is 1.81. The Morgan fingerprint density at radius 3 is 2.62 bits per heavy atom. The fraction of sp³-hybridized carbons (Fsp3) is 0.120. The van der Waals surface area contributed by atoms with Gasteiger partial charge >= 0.3 is 0 Å². The minimum atomic E-state index is -0.180. The number of thioether (sulfide) groups is 1. The van der Waals surface area contributed by atoms with E-state index in [1.807, 2.05) is 73.7 Å². The maximum Gasteiger partial charge on any atom is 0.264 e. The van der Waals surface area contributed by atoms with Crippen molar-refractivity contribution in [2.24, 2.45) is 4.99 Å². The Labute approximate surface area is 196 Å². The van der Waals surface area contributed by atoms with Crippen LogP contribution in [0.2, 0.25) is 5.02 Å². The van der Waals surface area contributed by atoms with Gasteiger partial charge in [0.1, 0.15) is 6.61 Å². The number of carbonyl (C=O) groups excluding carboxylic acids is 1. The molecule has 1 aliphatic rings. The lowest BCUT2D eigenvalue weighted by Crippen LogP contribution is -2.19. The third-order valence-corrected chi connectivity index (χ3v) is 5.83. The Morgan fingerprint density at radius 1 is 1.06 bits per heavy atom. The van der Waals surface area contributed by atoms with Gasteiger partial charge in [-0.05, 0) is 72.3 Å². The number of hydrogen-bond donors (Lipinski definition) is 1. The van der Waals surface area contributed by atoms with Gasteiger partial charge in [-0.3, -0.25) is 4.79 Å². The smallest absolute Gasteiger partial charge is 0.264 e. The summed E-state index contributed by atoms with van der Waals surface area (Å²) in [5, 5.41) is 4.03. The number of amidine groups is 1. The maximum atomic E-state index is 12.4. The number of aliphatic imine (C=N–C) groups is 1. The molecular weight excluding hydrogens is 444 g/mol. The molecule has 1 fully saturated rings. The monoisotopic (exact) mass is 464 g/mol.